The zero-order valence-electron chi connectivity index (χ0n) is 10.1. The predicted octanol–water partition coefficient (Wildman–Crippen LogP) is 2.77. The number of ketones is 1. The van der Waals surface area contributed by atoms with Crippen LogP contribution in [-0.2, 0) is 0 Å². The van der Waals surface area contributed by atoms with E-state index in [-0.39, 0.29) is 11.3 Å². The van der Waals surface area contributed by atoms with Gasteiger partial charge in [0.15, 0.2) is 5.78 Å². The molecule has 2 aromatic rings. The zero-order chi connectivity index (χ0) is 13.1. The summed E-state index contributed by atoms with van der Waals surface area (Å²) >= 11 is 0. The number of aromatic nitrogens is 1. The highest BCUT2D eigenvalue weighted by atomic mass is 19.1. The van der Waals surface area contributed by atoms with Gasteiger partial charge in [-0.05, 0) is 31.2 Å². The van der Waals surface area contributed by atoms with E-state index in [0.29, 0.717) is 11.3 Å². The SMILES string of the molecule is COc1ccc(C(=O)c2ccc(C)nc2)c(F)c1. The predicted molar refractivity (Wildman–Crippen MR) is 65.4 cm³/mol. The zero-order valence-corrected chi connectivity index (χ0v) is 10.1. The van der Waals surface area contributed by atoms with Crippen molar-refractivity contribution >= 4 is 5.78 Å². The van der Waals surface area contributed by atoms with E-state index >= 15 is 0 Å². The van der Waals surface area contributed by atoms with Crippen LogP contribution < -0.4 is 4.74 Å². The standard InChI is InChI=1S/C14H12FNO2/c1-9-3-4-10(8-16-9)14(17)12-6-5-11(18-2)7-13(12)15/h3-8H,1-2H3. The van der Waals surface area contributed by atoms with E-state index in [1.807, 2.05) is 6.92 Å². The number of hydrogen-bond donors (Lipinski definition) is 0. The third kappa shape index (κ3) is 2.37. The van der Waals surface area contributed by atoms with Gasteiger partial charge in [-0.3, -0.25) is 9.78 Å². The summed E-state index contributed by atoms with van der Waals surface area (Å²) in [6.45, 7) is 1.82. The van der Waals surface area contributed by atoms with Gasteiger partial charge in [0.2, 0.25) is 0 Å². The largest absolute Gasteiger partial charge is 0.497 e. The average molecular weight is 245 g/mol. The molecule has 2 rings (SSSR count). The van der Waals surface area contributed by atoms with E-state index in [9.17, 15) is 9.18 Å². The lowest BCUT2D eigenvalue weighted by molar-refractivity contribution is 0.103. The first-order chi connectivity index (χ1) is 8.61. The van der Waals surface area contributed by atoms with Gasteiger partial charge in [-0.15, -0.1) is 0 Å². The molecule has 0 radical (unpaired) electrons. The van der Waals surface area contributed by atoms with E-state index < -0.39 is 5.82 Å². The minimum absolute atomic E-state index is 0.0152. The van der Waals surface area contributed by atoms with Crippen LogP contribution in [0.15, 0.2) is 36.5 Å². The third-order valence-corrected chi connectivity index (χ3v) is 2.59. The molecule has 0 saturated carbocycles. The minimum Gasteiger partial charge on any atom is -0.497 e. The fourth-order valence-electron chi connectivity index (χ4n) is 1.56. The van der Waals surface area contributed by atoms with Crippen molar-refractivity contribution in [1.82, 2.24) is 4.98 Å². The molecule has 1 aromatic carbocycles. The molecule has 0 atom stereocenters. The summed E-state index contributed by atoms with van der Waals surface area (Å²) in [5.41, 5.74) is 1.19. The smallest absolute Gasteiger partial charge is 0.197 e. The summed E-state index contributed by atoms with van der Waals surface area (Å²) in [7, 11) is 1.44. The Morgan fingerprint density at radius 3 is 2.61 bits per heavy atom. The molecule has 0 saturated heterocycles. The second-order valence-corrected chi connectivity index (χ2v) is 3.86. The summed E-state index contributed by atoms with van der Waals surface area (Å²) in [5.74, 6) is -0.603. The van der Waals surface area contributed by atoms with Crippen LogP contribution in [0.2, 0.25) is 0 Å². The van der Waals surface area contributed by atoms with Crippen molar-refractivity contribution < 1.29 is 13.9 Å². The van der Waals surface area contributed by atoms with Crippen molar-refractivity contribution in [3.05, 3.63) is 59.2 Å². The first-order valence-electron chi connectivity index (χ1n) is 5.42. The van der Waals surface area contributed by atoms with Crippen LogP contribution in [-0.4, -0.2) is 17.9 Å². The molecule has 0 aliphatic rings. The number of methoxy groups -OCH3 is 1. The van der Waals surface area contributed by atoms with Crippen molar-refractivity contribution in [3.63, 3.8) is 0 Å². The average Bonchev–Trinajstić information content (AvgIpc) is 2.38. The second-order valence-electron chi connectivity index (χ2n) is 3.86. The number of aryl methyl sites for hydroxylation is 1. The molecule has 0 N–H and O–H groups in total. The van der Waals surface area contributed by atoms with Crippen molar-refractivity contribution in [2.75, 3.05) is 7.11 Å². The molecule has 0 spiro atoms. The molecule has 1 heterocycles. The highest BCUT2D eigenvalue weighted by Gasteiger charge is 2.14. The lowest BCUT2D eigenvalue weighted by Crippen LogP contribution is -2.05. The van der Waals surface area contributed by atoms with Gasteiger partial charge >= 0.3 is 0 Å². The molecule has 1 aromatic heterocycles. The molecule has 4 heteroatoms. The van der Waals surface area contributed by atoms with E-state index in [2.05, 4.69) is 4.98 Å². The van der Waals surface area contributed by atoms with Gasteiger partial charge < -0.3 is 4.74 Å². The molecule has 0 aliphatic carbocycles. The topological polar surface area (TPSA) is 39.2 Å². The van der Waals surface area contributed by atoms with Crippen LogP contribution in [0.3, 0.4) is 0 Å². The van der Waals surface area contributed by atoms with E-state index in [1.165, 1.54) is 25.4 Å². The number of pyridine rings is 1. The van der Waals surface area contributed by atoms with Crippen LogP contribution in [0.1, 0.15) is 21.6 Å². The maximum absolute atomic E-state index is 13.7. The number of nitrogens with zero attached hydrogens (tertiary/aromatic N) is 1. The van der Waals surface area contributed by atoms with Gasteiger partial charge in [0.25, 0.3) is 0 Å². The number of rotatable bonds is 3. The molecule has 0 aliphatic heterocycles. The van der Waals surface area contributed by atoms with Crippen molar-refractivity contribution in [1.29, 1.82) is 0 Å². The molecule has 0 amide bonds. The normalized spacial score (nSPS) is 10.2. The Hall–Kier alpha value is -2.23. The molecule has 18 heavy (non-hydrogen) atoms. The van der Waals surface area contributed by atoms with Crippen molar-refractivity contribution in [3.8, 4) is 5.75 Å². The Balaban J connectivity index is 2.37. The van der Waals surface area contributed by atoms with Gasteiger partial charge in [-0.2, -0.15) is 0 Å². The Kier molecular flexibility index (Phi) is 3.37. The number of halogens is 1. The summed E-state index contributed by atoms with van der Waals surface area (Å²) in [4.78, 5) is 16.1. The molecule has 92 valence electrons. The summed E-state index contributed by atoms with van der Waals surface area (Å²) in [6.07, 6.45) is 1.45. The molecule has 0 unspecified atom stereocenters. The van der Waals surface area contributed by atoms with Crippen LogP contribution in [0.25, 0.3) is 0 Å². The molecule has 3 nitrogen and oxygen atoms in total. The van der Waals surface area contributed by atoms with E-state index in [1.54, 1.807) is 18.2 Å². The number of benzene rings is 1. The Morgan fingerprint density at radius 2 is 2.06 bits per heavy atom. The summed E-state index contributed by atoms with van der Waals surface area (Å²) < 4.78 is 18.6. The monoisotopic (exact) mass is 245 g/mol. The van der Waals surface area contributed by atoms with Crippen LogP contribution in [0.4, 0.5) is 4.39 Å². The Labute approximate surface area is 104 Å². The molecule has 0 bridgehead atoms. The maximum atomic E-state index is 13.7. The van der Waals surface area contributed by atoms with Gasteiger partial charge in [0, 0.05) is 23.5 Å². The van der Waals surface area contributed by atoms with Crippen LogP contribution in [0, 0.1) is 12.7 Å². The van der Waals surface area contributed by atoms with Gasteiger partial charge in [0.1, 0.15) is 11.6 Å². The number of carbonyl (C=O) groups excluding carboxylic acids is 1. The van der Waals surface area contributed by atoms with Gasteiger partial charge in [0.05, 0.1) is 12.7 Å². The molecule has 0 fully saturated rings. The van der Waals surface area contributed by atoms with Crippen LogP contribution in [0.5, 0.6) is 5.75 Å². The fraction of sp³-hybridized carbons (Fsp3) is 0.143. The lowest BCUT2D eigenvalue weighted by atomic mass is 10.0. The highest BCUT2D eigenvalue weighted by Crippen LogP contribution is 2.19. The number of carbonyl (C=O) groups is 1. The summed E-state index contributed by atoms with van der Waals surface area (Å²) in [6, 6.07) is 7.51. The third-order valence-electron chi connectivity index (χ3n) is 2.59. The second kappa shape index (κ2) is 4.96. The quantitative estimate of drug-likeness (QED) is 0.780. The number of hydrogen-bond acceptors (Lipinski definition) is 3. The van der Waals surface area contributed by atoms with E-state index in [0.717, 1.165) is 5.69 Å². The van der Waals surface area contributed by atoms with Gasteiger partial charge in [-0.1, -0.05) is 0 Å². The van der Waals surface area contributed by atoms with Gasteiger partial charge in [-0.25, -0.2) is 4.39 Å². The van der Waals surface area contributed by atoms with Crippen molar-refractivity contribution in [2.45, 2.75) is 6.92 Å². The minimum atomic E-state index is -0.597. The molecular weight excluding hydrogens is 233 g/mol. The number of ether oxygens (including phenoxy) is 1. The maximum Gasteiger partial charge on any atom is 0.197 e. The lowest BCUT2D eigenvalue weighted by Gasteiger charge is -2.05. The summed E-state index contributed by atoms with van der Waals surface area (Å²) in [5, 5.41) is 0. The first kappa shape index (κ1) is 12.2. The van der Waals surface area contributed by atoms with Crippen LogP contribution >= 0.6 is 0 Å². The van der Waals surface area contributed by atoms with E-state index in [4.69, 9.17) is 4.74 Å². The fourth-order valence-corrected chi connectivity index (χ4v) is 1.56. The highest BCUT2D eigenvalue weighted by molar-refractivity contribution is 6.09. The molecular formula is C14H12FNO2. The Morgan fingerprint density at radius 1 is 1.28 bits per heavy atom. The first-order valence-corrected chi connectivity index (χ1v) is 5.42. The Bertz CT molecular complexity index is 579. The van der Waals surface area contributed by atoms with Crippen molar-refractivity contribution in [2.24, 2.45) is 0 Å².